The van der Waals surface area contributed by atoms with Crippen molar-refractivity contribution in [3.8, 4) is 11.5 Å². The number of ether oxygens (including phenoxy) is 2. The molecule has 1 N–H and O–H groups in total. The highest BCUT2D eigenvalue weighted by Crippen LogP contribution is 2.31. The Hall–Kier alpha value is -3.60. The molecule has 0 saturated carbocycles. The number of aromatic carboxylic acids is 1. The molecule has 0 unspecified atom stereocenters. The Bertz CT molecular complexity index is 981. The molecule has 0 aliphatic carbocycles. The summed E-state index contributed by atoms with van der Waals surface area (Å²) >= 11 is 0. The lowest BCUT2D eigenvalue weighted by molar-refractivity contribution is -0.116. The molecular formula is C24H22O5. The van der Waals surface area contributed by atoms with Crippen LogP contribution in [0.1, 0.15) is 34.0 Å². The summed E-state index contributed by atoms with van der Waals surface area (Å²) in [5, 5.41) is 9.72. The second-order valence-corrected chi connectivity index (χ2v) is 6.69. The molecule has 0 amide bonds. The Kier molecular flexibility index (Phi) is 6.63. The van der Waals surface area contributed by atoms with Crippen LogP contribution in [-0.4, -0.2) is 16.9 Å². The van der Waals surface area contributed by atoms with Gasteiger partial charge in [0.15, 0.2) is 0 Å². The van der Waals surface area contributed by atoms with Crippen LogP contribution in [0.3, 0.4) is 0 Å². The van der Waals surface area contributed by atoms with Crippen molar-refractivity contribution in [1.82, 2.24) is 0 Å². The summed E-state index contributed by atoms with van der Waals surface area (Å²) in [6.45, 7) is 1.96. The van der Waals surface area contributed by atoms with Crippen LogP contribution in [0.25, 0.3) is 0 Å². The van der Waals surface area contributed by atoms with Gasteiger partial charge >= 0.3 is 5.97 Å². The van der Waals surface area contributed by atoms with Gasteiger partial charge in [0.1, 0.15) is 36.1 Å². The van der Waals surface area contributed by atoms with E-state index >= 15 is 0 Å². The van der Waals surface area contributed by atoms with E-state index in [0.717, 1.165) is 11.1 Å². The molecule has 0 aromatic heterocycles. The highest BCUT2D eigenvalue weighted by atomic mass is 16.5. The largest absolute Gasteiger partial charge is 0.489 e. The van der Waals surface area contributed by atoms with Crippen molar-refractivity contribution in [3.05, 3.63) is 95.1 Å². The molecule has 3 aromatic carbocycles. The Labute approximate surface area is 169 Å². The quantitative estimate of drug-likeness (QED) is 0.575. The van der Waals surface area contributed by atoms with Crippen molar-refractivity contribution in [2.75, 3.05) is 0 Å². The van der Waals surface area contributed by atoms with Crippen molar-refractivity contribution < 1.29 is 24.2 Å². The second kappa shape index (κ2) is 9.55. The number of carboxylic acids is 1. The summed E-state index contributed by atoms with van der Waals surface area (Å²) in [6.07, 6.45) is -0.00807. The molecule has 5 heteroatoms. The van der Waals surface area contributed by atoms with Crippen LogP contribution in [0.4, 0.5) is 0 Å². The van der Waals surface area contributed by atoms with Crippen LogP contribution in [-0.2, 0) is 24.4 Å². The van der Waals surface area contributed by atoms with Crippen molar-refractivity contribution in [2.45, 2.75) is 26.6 Å². The number of carboxylic acid groups (broad SMARTS) is 1. The molecule has 148 valence electrons. The lowest BCUT2D eigenvalue weighted by atomic mass is 10.0. The first-order valence-corrected chi connectivity index (χ1v) is 9.26. The zero-order chi connectivity index (χ0) is 20.6. The maximum Gasteiger partial charge on any atom is 0.339 e. The molecule has 29 heavy (non-hydrogen) atoms. The van der Waals surface area contributed by atoms with Crippen LogP contribution >= 0.6 is 0 Å². The van der Waals surface area contributed by atoms with E-state index in [9.17, 15) is 14.7 Å². The Morgan fingerprint density at radius 1 is 0.828 bits per heavy atom. The first kappa shape index (κ1) is 20.1. The van der Waals surface area contributed by atoms with E-state index in [-0.39, 0.29) is 30.1 Å². The SMILES string of the molecule is CC(=O)Cc1cc(OCc2ccccc2)cc(OCc2ccccc2)c1C(=O)O. The predicted molar refractivity (Wildman–Crippen MR) is 109 cm³/mol. The van der Waals surface area contributed by atoms with Gasteiger partial charge in [-0.2, -0.15) is 0 Å². The maximum absolute atomic E-state index is 11.9. The third-order valence-corrected chi connectivity index (χ3v) is 4.30. The molecule has 0 radical (unpaired) electrons. The third-order valence-electron chi connectivity index (χ3n) is 4.30. The van der Waals surface area contributed by atoms with Gasteiger partial charge in [0.25, 0.3) is 0 Å². The van der Waals surface area contributed by atoms with Crippen molar-refractivity contribution >= 4 is 11.8 Å². The van der Waals surface area contributed by atoms with E-state index < -0.39 is 5.97 Å². The van der Waals surface area contributed by atoms with Gasteiger partial charge in [-0.1, -0.05) is 60.7 Å². The van der Waals surface area contributed by atoms with E-state index in [1.807, 2.05) is 60.7 Å². The second-order valence-electron chi connectivity index (χ2n) is 6.69. The molecule has 0 heterocycles. The van der Waals surface area contributed by atoms with Crippen LogP contribution < -0.4 is 9.47 Å². The highest BCUT2D eigenvalue weighted by Gasteiger charge is 2.20. The average Bonchev–Trinajstić information content (AvgIpc) is 2.71. The highest BCUT2D eigenvalue weighted by molar-refractivity contribution is 5.95. The van der Waals surface area contributed by atoms with Crippen molar-refractivity contribution in [2.24, 2.45) is 0 Å². The number of hydrogen-bond acceptors (Lipinski definition) is 4. The van der Waals surface area contributed by atoms with E-state index in [2.05, 4.69) is 0 Å². The fourth-order valence-electron chi connectivity index (χ4n) is 2.97. The normalized spacial score (nSPS) is 10.4. The van der Waals surface area contributed by atoms with Crippen LogP contribution in [0.15, 0.2) is 72.8 Å². The standard InChI is InChI=1S/C24H22O5/c1-17(25)12-20-13-21(28-15-18-8-4-2-5-9-18)14-22(23(20)24(26)27)29-16-19-10-6-3-7-11-19/h2-11,13-14H,12,15-16H2,1H3,(H,26,27). The number of hydrogen-bond donors (Lipinski definition) is 1. The summed E-state index contributed by atoms with van der Waals surface area (Å²) < 4.78 is 11.7. The molecule has 0 fully saturated rings. The topological polar surface area (TPSA) is 72.8 Å². The molecule has 3 rings (SSSR count). The summed E-state index contributed by atoms with van der Waals surface area (Å²) in [4.78, 5) is 23.6. The average molecular weight is 390 g/mol. The zero-order valence-corrected chi connectivity index (χ0v) is 16.1. The summed E-state index contributed by atoms with van der Waals surface area (Å²) in [5.74, 6) is -0.637. The number of benzene rings is 3. The molecule has 0 aliphatic rings. The molecule has 0 atom stereocenters. The Balaban J connectivity index is 1.91. The Morgan fingerprint density at radius 3 is 1.90 bits per heavy atom. The minimum Gasteiger partial charge on any atom is -0.489 e. The smallest absolute Gasteiger partial charge is 0.339 e. The molecule has 0 spiro atoms. The molecule has 3 aromatic rings. The molecule has 5 nitrogen and oxygen atoms in total. The van der Waals surface area contributed by atoms with Crippen LogP contribution in [0.5, 0.6) is 11.5 Å². The van der Waals surface area contributed by atoms with E-state index in [0.29, 0.717) is 17.9 Å². The monoisotopic (exact) mass is 390 g/mol. The first-order chi connectivity index (χ1) is 14.0. The van der Waals surface area contributed by atoms with Gasteiger partial charge < -0.3 is 14.6 Å². The molecule has 0 aliphatic heterocycles. The number of Topliss-reactive ketones (excluding diaryl/α,β-unsaturated/α-hetero) is 1. The lowest BCUT2D eigenvalue weighted by Crippen LogP contribution is -2.11. The molecule has 0 bridgehead atoms. The minimum atomic E-state index is -1.14. The first-order valence-electron chi connectivity index (χ1n) is 9.26. The zero-order valence-electron chi connectivity index (χ0n) is 16.1. The van der Waals surface area contributed by atoms with E-state index in [4.69, 9.17) is 9.47 Å². The minimum absolute atomic E-state index is 0.00807. The van der Waals surface area contributed by atoms with Gasteiger partial charge in [-0.3, -0.25) is 4.79 Å². The fraction of sp³-hybridized carbons (Fsp3) is 0.167. The van der Waals surface area contributed by atoms with Gasteiger partial charge in [0, 0.05) is 12.5 Å². The van der Waals surface area contributed by atoms with Gasteiger partial charge in [-0.15, -0.1) is 0 Å². The van der Waals surface area contributed by atoms with Gasteiger partial charge in [-0.25, -0.2) is 4.79 Å². The van der Waals surface area contributed by atoms with Crippen LogP contribution in [0, 0.1) is 0 Å². The predicted octanol–water partition coefficient (Wildman–Crippen LogP) is 4.67. The van der Waals surface area contributed by atoms with E-state index in [1.54, 1.807) is 12.1 Å². The number of ketones is 1. The van der Waals surface area contributed by atoms with E-state index in [1.165, 1.54) is 6.92 Å². The van der Waals surface area contributed by atoms with Crippen molar-refractivity contribution in [1.29, 1.82) is 0 Å². The maximum atomic E-state index is 11.9. The Morgan fingerprint density at radius 2 is 1.38 bits per heavy atom. The van der Waals surface area contributed by atoms with Crippen LogP contribution in [0.2, 0.25) is 0 Å². The molecular weight excluding hydrogens is 368 g/mol. The van der Waals surface area contributed by atoms with Gasteiger partial charge in [0.2, 0.25) is 0 Å². The van der Waals surface area contributed by atoms with Gasteiger partial charge in [-0.05, 0) is 29.7 Å². The number of carbonyl (C=O) groups excluding carboxylic acids is 1. The fourth-order valence-corrected chi connectivity index (χ4v) is 2.97. The summed E-state index contributed by atoms with van der Waals surface area (Å²) in [5.41, 5.74) is 2.25. The lowest BCUT2D eigenvalue weighted by Gasteiger charge is -2.16. The third kappa shape index (κ3) is 5.69. The molecule has 0 saturated heterocycles. The van der Waals surface area contributed by atoms with Gasteiger partial charge in [0.05, 0.1) is 0 Å². The summed E-state index contributed by atoms with van der Waals surface area (Å²) in [7, 11) is 0. The summed E-state index contributed by atoms with van der Waals surface area (Å²) in [6, 6.07) is 22.3. The van der Waals surface area contributed by atoms with Crippen molar-refractivity contribution in [3.63, 3.8) is 0 Å². The number of rotatable bonds is 9. The number of carbonyl (C=O) groups is 2.